The maximum atomic E-state index is 6.19. The molecular weight excluding hydrogens is 256 g/mol. The molecule has 0 amide bonds. The molecule has 0 saturated heterocycles. The van der Waals surface area contributed by atoms with Crippen molar-refractivity contribution in [2.24, 2.45) is 16.7 Å². The molecule has 0 aliphatic heterocycles. The third-order valence-electron chi connectivity index (χ3n) is 4.40. The van der Waals surface area contributed by atoms with E-state index in [1.807, 2.05) is 0 Å². The summed E-state index contributed by atoms with van der Waals surface area (Å²) in [5, 5.41) is -0.159. The average molecular weight is 279 g/mol. The van der Waals surface area contributed by atoms with E-state index in [9.17, 15) is 0 Å². The molecule has 0 bridgehead atoms. The van der Waals surface area contributed by atoms with Gasteiger partial charge < -0.3 is 13.8 Å². The van der Waals surface area contributed by atoms with E-state index in [1.54, 1.807) is 0 Å². The first-order chi connectivity index (χ1) is 6.15. The van der Waals surface area contributed by atoms with Crippen LogP contribution in [0.2, 0.25) is 5.31 Å². The summed E-state index contributed by atoms with van der Waals surface area (Å²) in [5.74, 6) is 0.687. The first-order valence-corrected chi connectivity index (χ1v) is 5.58. The molecule has 3 unspecified atom stereocenters. The number of hydrogen-bond donors (Lipinski definition) is 0. The van der Waals surface area contributed by atoms with E-state index in [2.05, 4.69) is 41.5 Å². The van der Waals surface area contributed by atoms with Crippen LogP contribution in [0.1, 0.15) is 47.0 Å². The van der Waals surface area contributed by atoms with Crippen LogP contribution in [0.3, 0.4) is 0 Å². The first-order valence-electron chi connectivity index (χ1n) is 5.58. The van der Waals surface area contributed by atoms with Crippen LogP contribution in [0.4, 0.5) is 0 Å². The summed E-state index contributed by atoms with van der Waals surface area (Å²) < 4.78 is 0. The van der Waals surface area contributed by atoms with Crippen molar-refractivity contribution in [2.45, 2.75) is 52.3 Å². The van der Waals surface area contributed by atoms with E-state index < -0.39 is 0 Å². The molecule has 0 N–H and O–H groups in total. The zero-order chi connectivity index (χ0) is 11.2. The van der Waals surface area contributed by atoms with Crippen LogP contribution in [-0.2, 0) is 32.7 Å². The zero-order valence-electron chi connectivity index (χ0n) is 10.8. The first kappa shape index (κ1) is 16.2. The molecule has 15 heavy (non-hydrogen) atoms. The van der Waals surface area contributed by atoms with Gasteiger partial charge in [-0.1, -0.05) is 50.8 Å². The molecule has 0 heterocycles. The molecule has 1 saturated carbocycles. The van der Waals surface area contributed by atoms with Crippen LogP contribution in [0.5, 0.6) is 0 Å². The Morgan fingerprint density at radius 3 is 2.20 bits per heavy atom. The molecule has 0 aromatic rings. The molecule has 0 spiro atoms. The van der Waals surface area contributed by atoms with E-state index in [0.29, 0.717) is 11.3 Å². The van der Waals surface area contributed by atoms with Crippen molar-refractivity contribution in [3.63, 3.8) is 0 Å². The van der Waals surface area contributed by atoms with Gasteiger partial charge in [0.1, 0.15) is 0 Å². The molecule has 0 aromatic heterocycles. The Balaban J connectivity index is 0.00000196. The molecule has 3 radical (unpaired) electrons. The van der Waals surface area contributed by atoms with Crippen molar-refractivity contribution in [1.29, 1.82) is 0 Å². The molecule has 1 fully saturated rings. The van der Waals surface area contributed by atoms with Gasteiger partial charge in [-0.05, 0) is 6.42 Å². The third kappa shape index (κ3) is 2.89. The summed E-state index contributed by atoms with van der Waals surface area (Å²) >= 11 is 0. The minimum Gasteiger partial charge on any atom is -0.344 e. The topological polar surface area (TPSA) is 0 Å². The van der Waals surface area contributed by atoms with E-state index in [1.165, 1.54) is 6.42 Å². The Kier molecular flexibility index (Phi) is 5.18. The van der Waals surface area contributed by atoms with Gasteiger partial charge in [0, 0.05) is 32.7 Å². The normalized spacial score (nSPS) is 37.3. The van der Waals surface area contributed by atoms with Crippen molar-refractivity contribution in [3.8, 4) is 0 Å². The number of rotatable bonds is 3. The van der Waals surface area contributed by atoms with Gasteiger partial charge in [0.05, 0.1) is 7.85 Å². The van der Waals surface area contributed by atoms with Crippen molar-refractivity contribution >= 4 is 7.85 Å². The maximum Gasteiger partial charge on any atom is 0.0706 e. The summed E-state index contributed by atoms with van der Waals surface area (Å²) in [5.41, 5.74) is 0.483. The summed E-state index contributed by atoms with van der Waals surface area (Å²) in [6.45, 7) is 17.3. The largest absolute Gasteiger partial charge is 0.344 e. The van der Waals surface area contributed by atoms with Crippen molar-refractivity contribution in [2.75, 3.05) is 0 Å². The van der Waals surface area contributed by atoms with Crippen LogP contribution in [0, 0.1) is 30.6 Å². The van der Waals surface area contributed by atoms with Crippen LogP contribution in [-0.4, -0.2) is 7.85 Å². The smallest absolute Gasteiger partial charge is 0.0706 e. The van der Waals surface area contributed by atoms with Gasteiger partial charge in [-0.2, -0.15) is 6.42 Å². The summed E-state index contributed by atoms with van der Waals surface area (Å²) in [4.78, 5) is 0. The monoisotopic (exact) mass is 279 g/mol. The Labute approximate surface area is 123 Å². The quantitative estimate of drug-likeness (QED) is 0.544. The standard InChI is InChI=1S/C13H23B.Y/c1-7-12(5,14)9-13(6)10(2)8-11(13,3)4;/h10H,1,6-9H2,2-5H3;/q-2;. The molecular formula is C13H23BY-2. The average Bonchev–Trinajstić information content (AvgIpc) is 2.03. The van der Waals surface area contributed by atoms with Crippen LogP contribution < -0.4 is 0 Å². The van der Waals surface area contributed by atoms with Crippen molar-refractivity contribution in [3.05, 3.63) is 13.8 Å². The molecule has 2 heteroatoms. The van der Waals surface area contributed by atoms with E-state index in [4.69, 9.17) is 7.85 Å². The Morgan fingerprint density at radius 1 is 1.47 bits per heavy atom. The second-order valence-corrected chi connectivity index (χ2v) is 6.23. The van der Waals surface area contributed by atoms with E-state index in [0.717, 1.165) is 12.8 Å². The number of hydrogen-bond acceptors (Lipinski definition) is 0. The van der Waals surface area contributed by atoms with Crippen molar-refractivity contribution < 1.29 is 32.7 Å². The third-order valence-corrected chi connectivity index (χ3v) is 4.40. The van der Waals surface area contributed by atoms with Gasteiger partial charge >= 0.3 is 0 Å². The molecule has 1 rings (SSSR count). The van der Waals surface area contributed by atoms with Crippen LogP contribution in [0.15, 0.2) is 0 Å². The van der Waals surface area contributed by atoms with Gasteiger partial charge in [0.15, 0.2) is 0 Å². The second kappa shape index (κ2) is 4.81. The SMILES string of the molecule is [B]C(C)(C[CH2-])CC1([CH2-])C(C)CC1(C)C.[Y]. The maximum absolute atomic E-state index is 6.19. The van der Waals surface area contributed by atoms with Crippen molar-refractivity contribution in [1.82, 2.24) is 0 Å². The Hall–Kier alpha value is 1.17. The fourth-order valence-corrected chi connectivity index (χ4v) is 2.92. The van der Waals surface area contributed by atoms with Crippen LogP contribution >= 0.6 is 0 Å². The van der Waals surface area contributed by atoms with Gasteiger partial charge in [0.25, 0.3) is 0 Å². The Morgan fingerprint density at radius 2 is 1.93 bits per heavy atom. The van der Waals surface area contributed by atoms with Gasteiger partial charge in [0.2, 0.25) is 0 Å². The van der Waals surface area contributed by atoms with Gasteiger partial charge in [-0.15, -0.1) is 5.41 Å². The zero-order valence-corrected chi connectivity index (χ0v) is 13.6. The predicted molar refractivity (Wildman–Crippen MR) is 64.1 cm³/mol. The molecule has 1 aliphatic rings. The molecule has 83 valence electrons. The molecule has 0 nitrogen and oxygen atoms in total. The molecule has 0 aromatic carbocycles. The van der Waals surface area contributed by atoms with E-state index >= 15 is 0 Å². The summed E-state index contributed by atoms with van der Waals surface area (Å²) in [7, 11) is 6.19. The molecule has 1 aliphatic carbocycles. The summed E-state index contributed by atoms with van der Waals surface area (Å²) in [6, 6.07) is 0. The minimum absolute atomic E-state index is 0. The summed E-state index contributed by atoms with van der Waals surface area (Å²) in [6.07, 6.45) is 3.04. The fraction of sp³-hybridized carbons (Fsp3) is 0.846. The fourth-order valence-electron chi connectivity index (χ4n) is 2.92. The minimum atomic E-state index is -0.159. The predicted octanol–water partition coefficient (Wildman–Crippen LogP) is 3.83. The second-order valence-electron chi connectivity index (χ2n) is 6.23. The van der Waals surface area contributed by atoms with Gasteiger partial charge in [-0.25, -0.2) is 0 Å². The Bertz CT molecular complexity index is 223. The van der Waals surface area contributed by atoms with Gasteiger partial charge in [-0.3, -0.25) is 0 Å². The van der Waals surface area contributed by atoms with E-state index in [-0.39, 0.29) is 43.4 Å². The van der Waals surface area contributed by atoms with Crippen LogP contribution in [0.25, 0.3) is 0 Å². The molecule has 3 atom stereocenters.